The number of benzene rings is 1. The van der Waals surface area contributed by atoms with Crippen LogP contribution < -0.4 is 0 Å². The summed E-state index contributed by atoms with van der Waals surface area (Å²) in [5.74, 6) is 0.807. The fourth-order valence-corrected chi connectivity index (χ4v) is 3.06. The lowest BCUT2D eigenvalue weighted by Crippen LogP contribution is -2.05. The molecule has 0 saturated heterocycles. The summed E-state index contributed by atoms with van der Waals surface area (Å²) in [5.41, 5.74) is 2.17. The van der Waals surface area contributed by atoms with E-state index in [1.54, 1.807) is 30.5 Å². The first-order valence-electron chi connectivity index (χ1n) is 6.96. The van der Waals surface area contributed by atoms with Gasteiger partial charge in [0.1, 0.15) is 11.6 Å². The van der Waals surface area contributed by atoms with Crippen molar-refractivity contribution in [3.63, 3.8) is 0 Å². The summed E-state index contributed by atoms with van der Waals surface area (Å²) in [5, 5.41) is 1.60. The highest BCUT2D eigenvalue weighted by atomic mass is 35.5. The standard InChI is InChI=1S/C16H12Cl3N3O/c17-10-3-9(4-11(18)6-10)5-13(23)1-2-15-21-14-7-12(19)8-20-16(14)22-15/h3-4,6-8H,1-2,5H2,(H,20,21,22). The molecule has 2 aromatic heterocycles. The number of pyridine rings is 1. The van der Waals surface area contributed by atoms with Gasteiger partial charge in [0, 0.05) is 35.5 Å². The molecule has 0 aliphatic heterocycles. The van der Waals surface area contributed by atoms with Crippen molar-refractivity contribution in [1.29, 1.82) is 0 Å². The first kappa shape index (κ1) is 16.2. The molecule has 1 aromatic carbocycles. The van der Waals surface area contributed by atoms with Crippen LogP contribution in [0.25, 0.3) is 11.2 Å². The van der Waals surface area contributed by atoms with Gasteiger partial charge in [-0.2, -0.15) is 0 Å². The van der Waals surface area contributed by atoms with E-state index in [1.807, 2.05) is 0 Å². The molecule has 3 aromatic rings. The fraction of sp³-hybridized carbons (Fsp3) is 0.188. The van der Waals surface area contributed by atoms with Crippen molar-refractivity contribution in [2.24, 2.45) is 0 Å². The van der Waals surface area contributed by atoms with Gasteiger partial charge in [-0.1, -0.05) is 34.8 Å². The molecule has 7 heteroatoms. The van der Waals surface area contributed by atoms with Crippen molar-refractivity contribution in [3.8, 4) is 0 Å². The second-order valence-corrected chi connectivity index (χ2v) is 6.51. The first-order valence-corrected chi connectivity index (χ1v) is 8.10. The van der Waals surface area contributed by atoms with Gasteiger partial charge < -0.3 is 4.98 Å². The third-order valence-electron chi connectivity index (χ3n) is 3.32. The van der Waals surface area contributed by atoms with Crippen LogP contribution in [0.15, 0.2) is 30.5 Å². The Balaban J connectivity index is 1.63. The number of aromatic amines is 1. The summed E-state index contributed by atoms with van der Waals surface area (Å²) >= 11 is 17.8. The number of hydrogen-bond acceptors (Lipinski definition) is 3. The van der Waals surface area contributed by atoms with E-state index in [0.717, 1.165) is 11.1 Å². The summed E-state index contributed by atoms with van der Waals surface area (Å²) in [6.45, 7) is 0. The maximum Gasteiger partial charge on any atom is 0.177 e. The lowest BCUT2D eigenvalue weighted by Gasteiger charge is -2.02. The minimum atomic E-state index is 0.0924. The molecule has 2 heterocycles. The van der Waals surface area contributed by atoms with Crippen molar-refractivity contribution < 1.29 is 4.79 Å². The van der Waals surface area contributed by atoms with Crippen LogP contribution in [0.1, 0.15) is 17.8 Å². The highest BCUT2D eigenvalue weighted by Crippen LogP contribution is 2.20. The Kier molecular flexibility index (Phi) is 4.85. The van der Waals surface area contributed by atoms with E-state index in [1.165, 1.54) is 0 Å². The van der Waals surface area contributed by atoms with E-state index in [9.17, 15) is 4.79 Å². The van der Waals surface area contributed by atoms with E-state index in [4.69, 9.17) is 34.8 Å². The highest BCUT2D eigenvalue weighted by Gasteiger charge is 2.09. The van der Waals surface area contributed by atoms with Gasteiger partial charge in [-0.3, -0.25) is 4.79 Å². The number of ketones is 1. The number of H-pyrrole nitrogens is 1. The van der Waals surface area contributed by atoms with Crippen LogP contribution in [0.4, 0.5) is 0 Å². The third kappa shape index (κ3) is 4.22. The molecule has 0 aliphatic carbocycles. The predicted molar refractivity (Wildman–Crippen MR) is 92.4 cm³/mol. The fourth-order valence-electron chi connectivity index (χ4n) is 2.33. The molecule has 0 saturated carbocycles. The number of Topliss-reactive ketones (excluding diaryl/α,β-unsaturated/α-hetero) is 1. The zero-order valence-electron chi connectivity index (χ0n) is 11.9. The zero-order valence-corrected chi connectivity index (χ0v) is 14.2. The Morgan fingerprint density at radius 2 is 1.78 bits per heavy atom. The molecule has 3 rings (SSSR count). The largest absolute Gasteiger partial charge is 0.341 e. The number of hydrogen-bond donors (Lipinski definition) is 1. The third-order valence-corrected chi connectivity index (χ3v) is 3.96. The van der Waals surface area contributed by atoms with Crippen LogP contribution in [-0.2, 0) is 17.6 Å². The Labute approximate surface area is 147 Å². The summed E-state index contributed by atoms with van der Waals surface area (Å²) < 4.78 is 0. The lowest BCUT2D eigenvalue weighted by atomic mass is 10.1. The summed E-state index contributed by atoms with van der Waals surface area (Å²) in [7, 11) is 0. The molecule has 0 bridgehead atoms. The number of carbonyl (C=O) groups is 1. The van der Waals surface area contributed by atoms with Gasteiger partial charge in [-0.05, 0) is 29.8 Å². The molecule has 0 spiro atoms. The summed E-state index contributed by atoms with van der Waals surface area (Å²) in [4.78, 5) is 23.7. The van der Waals surface area contributed by atoms with E-state index in [-0.39, 0.29) is 5.78 Å². The molecule has 0 unspecified atom stereocenters. The molecule has 0 atom stereocenters. The molecular formula is C16H12Cl3N3O. The molecule has 0 fully saturated rings. The van der Waals surface area contributed by atoms with Gasteiger partial charge in [0.05, 0.1) is 10.5 Å². The zero-order chi connectivity index (χ0) is 16.4. The second-order valence-electron chi connectivity index (χ2n) is 5.20. The van der Waals surface area contributed by atoms with Crippen LogP contribution in [0.3, 0.4) is 0 Å². The molecule has 4 nitrogen and oxygen atoms in total. The topological polar surface area (TPSA) is 58.6 Å². The molecule has 0 aliphatic rings. The van der Waals surface area contributed by atoms with Gasteiger partial charge in [0.25, 0.3) is 0 Å². The first-order chi connectivity index (χ1) is 11.0. The van der Waals surface area contributed by atoms with Gasteiger partial charge >= 0.3 is 0 Å². The lowest BCUT2D eigenvalue weighted by molar-refractivity contribution is -0.118. The minimum Gasteiger partial charge on any atom is -0.341 e. The average Bonchev–Trinajstić information content (AvgIpc) is 2.86. The maximum atomic E-state index is 12.1. The molecule has 1 N–H and O–H groups in total. The number of rotatable bonds is 5. The number of imidazole rings is 1. The second kappa shape index (κ2) is 6.87. The van der Waals surface area contributed by atoms with Crippen LogP contribution in [0.5, 0.6) is 0 Å². The number of nitrogens with one attached hydrogen (secondary N) is 1. The Bertz CT molecular complexity index is 856. The summed E-state index contributed by atoms with van der Waals surface area (Å²) in [6.07, 6.45) is 2.73. The number of fused-ring (bicyclic) bond motifs is 1. The van der Waals surface area contributed by atoms with E-state index in [2.05, 4.69) is 15.0 Å². The number of carbonyl (C=O) groups excluding carboxylic acids is 1. The van der Waals surface area contributed by atoms with Crippen LogP contribution in [0, 0.1) is 0 Å². The van der Waals surface area contributed by atoms with Crippen LogP contribution in [0.2, 0.25) is 15.1 Å². The van der Waals surface area contributed by atoms with Crippen LogP contribution in [-0.4, -0.2) is 20.7 Å². The quantitative estimate of drug-likeness (QED) is 0.712. The molecule has 0 amide bonds. The van der Waals surface area contributed by atoms with Gasteiger partial charge in [-0.15, -0.1) is 0 Å². The van der Waals surface area contributed by atoms with Crippen molar-refractivity contribution in [2.45, 2.75) is 19.3 Å². The molecule has 0 radical (unpaired) electrons. The normalized spacial score (nSPS) is 11.1. The number of aryl methyl sites for hydroxylation is 1. The Morgan fingerprint density at radius 3 is 2.52 bits per heavy atom. The smallest absolute Gasteiger partial charge is 0.177 e. The SMILES string of the molecule is O=C(CCc1nc2ncc(Cl)cc2[nH]1)Cc1cc(Cl)cc(Cl)c1. The maximum absolute atomic E-state index is 12.1. The monoisotopic (exact) mass is 367 g/mol. The minimum absolute atomic E-state index is 0.0924. The average molecular weight is 369 g/mol. The van der Waals surface area contributed by atoms with Gasteiger partial charge in [0.15, 0.2) is 5.65 Å². The number of aromatic nitrogens is 3. The van der Waals surface area contributed by atoms with E-state index < -0.39 is 0 Å². The molecule has 23 heavy (non-hydrogen) atoms. The van der Waals surface area contributed by atoms with Crippen LogP contribution >= 0.6 is 34.8 Å². The molecule has 118 valence electrons. The predicted octanol–water partition coefficient (Wildman–Crippen LogP) is 4.66. The van der Waals surface area contributed by atoms with E-state index >= 15 is 0 Å². The van der Waals surface area contributed by atoms with Crippen molar-refractivity contribution in [1.82, 2.24) is 15.0 Å². The summed E-state index contributed by atoms with van der Waals surface area (Å²) in [6, 6.07) is 6.90. The number of nitrogens with zero attached hydrogens (tertiary/aromatic N) is 2. The highest BCUT2D eigenvalue weighted by molar-refractivity contribution is 6.34. The number of halogens is 3. The van der Waals surface area contributed by atoms with Crippen molar-refractivity contribution >= 4 is 51.7 Å². The Morgan fingerprint density at radius 1 is 1.04 bits per heavy atom. The Hall–Kier alpha value is -1.62. The van der Waals surface area contributed by atoms with Crippen molar-refractivity contribution in [2.75, 3.05) is 0 Å². The molecular weight excluding hydrogens is 357 g/mol. The van der Waals surface area contributed by atoms with Gasteiger partial charge in [-0.25, -0.2) is 9.97 Å². The van der Waals surface area contributed by atoms with Gasteiger partial charge in [0.2, 0.25) is 0 Å². The van der Waals surface area contributed by atoms with E-state index in [0.29, 0.717) is 45.8 Å². The van der Waals surface area contributed by atoms with Crippen molar-refractivity contribution in [3.05, 3.63) is 56.9 Å².